The molecule has 0 spiro atoms. The average molecular weight is 320 g/mol. The van der Waals surface area contributed by atoms with E-state index in [1.807, 2.05) is 16.5 Å². The van der Waals surface area contributed by atoms with Crippen molar-refractivity contribution in [1.82, 2.24) is 19.4 Å². The fourth-order valence-corrected chi connectivity index (χ4v) is 3.71. The van der Waals surface area contributed by atoms with Crippen molar-refractivity contribution in [3.8, 4) is 0 Å². The van der Waals surface area contributed by atoms with E-state index in [9.17, 15) is 9.59 Å². The lowest BCUT2D eigenvalue weighted by Crippen LogP contribution is -2.54. The molecule has 0 saturated carbocycles. The zero-order valence-electron chi connectivity index (χ0n) is 14.0. The molecule has 1 amide bonds. The van der Waals surface area contributed by atoms with Crippen molar-refractivity contribution in [2.24, 2.45) is 7.05 Å². The van der Waals surface area contributed by atoms with Gasteiger partial charge in [-0.25, -0.2) is 4.98 Å². The van der Waals surface area contributed by atoms with E-state index >= 15 is 0 Å². The fourth-order valence-electron chi connectivity index (χ4n) is 3.71. The number of hydrogen-bond acceptors (Lipinski definition) is 5. The smallest absolute Gasteiger partial charge is 0.323 e. The summed E-state index contributed by atoms with van der Waals surface area (Å²) in [6.07, 6.45) is 4.18. The van der Waals surface area contributed by atoms with Crippen LogP contribution in [0.1, 0.15) is 31.2 Å². The molecular weight excluding hydrogens is 296 g/mol. The molecule has 1 atom stereocenters. The van der Waals surface area contributed by atoms with Crippen molar-refractivity contribution >= 4 is 11.9 Å². The van der Waals surface area contributed by atoms with Crippen molar-refractivity contribution in [3.05, 3.63) is 17.7 Å². The summed E-state index contributed by atoms with van der Waals surface area (Å²) in [6, 6.07) is 0.00836. The molecule has 126 valence electrons. The highest BCUT2D eigenvalue weighted by Crippen LogP contribution is 2.28. The maximum absolute atomic E-state index is 12.2. The van der Waals surface area contributed by atoms with Gasteiger partial charge in [-0.3, -0.25) is 14.5 Å². The van der Waals surface area contributed by atoms with Gasteiger partial charge in [-0.1, -0.05) is 0 Å². The number of rotatable bonds is 2. The number of carbonyl (C=O) groups is 2. The second-order valence-electron chi connectivity index (χ2n) is 6.40. The minimum absolute atomic E-state index is 0.125. The minimum atomic E-state index is -0.281. The Bertz CT molecular complexity index is 604. The number of nitrogens with zero attached hydrogens (tertiary/aromatic N) is 4. The lowest BCUT2D eigenvalue weighted by Gasteiger charge is -2.43. The Morgan fingerprint density at radius 1 is 1.30 bits per heavy atom. The molecule has 1 aromatic heterocycles. The third kappa shape index (κ3) is 2.97. The van der Waals surface area contributed by atoms with Crippen LogP contribution in [-0.4, -0.2) is 63.5 Å². The van der Waals surface area contributed by atoms with Crippen LogP contribution in [0.15, 0.2) is 6.33 Å². The van der Waals surface area contributed by atoms with Crippen LogP contribution in [0.2, 0.25) is 0 Å². The maximum Gasteiger partial charge on any atom is 0.323 e. The molecule has 2 aliphatic rings. The normalized spacial score (nSPS) is 22.7. The van der Waals surface area contributed by atoms with Crippen LogP contribution in [0, 0.1) is 0 Å². The second kappa shape index (κ2) is 6.31. The monoisotopic (exact) mass is 320 g/mol. The third-order valence-corrected chi connectivity index (χ3v) is 5.12. The van der Waals surface area contributed by atoms with Gasteiger partial charge in [0.1, 0.15) is 6.04 Å². The Kier molecular flexibility index (Phi) is 4.39. The molecule has 2 aliphatic heterocycles. The van der Waals surface area contributed by atoms with Crippen molar-refractivity contribution in [1.29, 1.82) is 0 Å². The predicted molar refractivity (Wildman–Crippen MR) is 83.5 cm³/mol. The average Bonchev–Trinajstić information content (AvgIpc) is 2.93. The third-order valence-electron chi connectivity index (χ3n) is 5.12. The molecule has 0 N–H and O–H groups in total. The fraction of sp³-hybridized carbons (Fsp3) is 0.688. The zero-order chi connectivity index (χ0) is 16.6. The number of methoxy groups -OCH3 is 1. The standard InChI is InChI=1S/C16H24N4O3/c1-11(21)19-6-4-12(5-7-19)20-9-15-13(17-10-18(15)2)8-14(20)16(22)23-3/h10,12,14H,4-9H2,1-3H3/t14-/m0/s1. The zero-order valence-corrected chi connectivity index (χ0v) is 14.0. The molecule has 23 heavy (non-hydrogen) atoms. The van der Waals surface area contributed by atoms with Crippen LogP contribution < -0.4 is 0 Å². The van der Waals surface area contributed by atoms with E-state index < -0.39 is 0 Å². The van der Waals surface area contributed by atoms with Gasteiger partial charge in [-0.05, 0) is 12.8 Å². The number of carbonyl (C=O) groups excluding carboxylic acids is 2. The van der Waals surface area contributed by atoms with Crippen LogP contribution in [0.25, 0.3) is 0 Å². The molecule has 7 heteroatoms. The summed E-state index contributed by atoms with van der Waals surface area (Å²) < 4.78 is 7.04. The van der Waals surface area contributed by atoms with Crippen LogP contribution in [0.3, 0.4) is 0 Å². The number of piperidine rings is 1. The maximum atomic E-state index is 12.2. The molecule has 1 fully saturated rings. The number of ether oxygens (including phenoxy) is 1. The van der Waals surface area contributed by atoms with Gasteiger partial charge < -0.3 is 14.2 Å². The second-order valence-corrected chi connectivity index (χ2v) is 6.40. The number of esters is 1. The van der Waals surface area contributed by atoms with E-state index in [1.54, 1.807) is 13.3 Å². The summed E-state index contributed by atoms with van der Waals surface area (Å²) in [5, 5.41) is 0. The van der Waals surface area contributed by atoms with Gasteiger partial charge in [0.05, 0.1) is 24.8 Å². The molecule has 3 heterocycles. The first-order chi connectivity index (χ1) is 11.0. The van der Waals surface area contributed by atoms with Crippen molar-refractivity contribution < 1.29 is 14.3 Å². The number of fused-ring (bicyclic) bond motifs is 1. The molecule has 0 bridgehead atoms. The predicted octanol–water partition coefficient (Wildman–Crippen LogP) is 0.331. The first-order valence-electron chi connectivity index (χ1n) is 8.09. The van der Waals surface area contributed by atoms with E-state index in [0.29, 0.717) is 13.0 Å². The summed E-state index contributed by atoms with van der Waals surface area (Å²) in [5.74, 6) is -0.0733. The van der Waals surface area contributed by atoms with Crippen molar-refractivity contribution in [3.63, 3.8) is 0 Å². The largest absolute Gasteiger partial charge is 0.468 e. The van der Waals surface area contributed by atoms with Crippen molar-refractivity contribution in [2.75, 3.05) is 20.2 Å². The van der Waals surface area contributed by atoms with Gasteiger partial charge in [-0.2, -0.15) is 0 Å². The number of amides is 1. The molecule has 0 radical (unpaired) electrons. The molecule has 7 nitrogen and oxygen atoms in total. The number of aromatic nitrogens is 2. The lowest BCUT2D eigenvalue weighted by atomic mass is 9.95. The van der Waals surface area contributed by atoms with Gasteiger partial charge >= 0.3 is 5.97 Å². The highest BCUT2D eigenvalue weighted by atomic mass is 16.5. The van der Waals surface area contributed by atoms with Gasteiger partial charge in [0, 0.05) is 46.1 Å². The molecule has 0 unspecified atom stereocenters. The minimum Gasteiger partial charge on any atom is -0.468 e. The van der Waals surface area contributed by atoms with Crippen LogP contribution in [0.5, 0.6) is 0 Å². The number of imidazole rings is 1. The van der Waals surface area contributed by atoms with Crippen LogP contribution >= 0.6 is 0 Å². The molecule has 3 rings (SSSR count). The molecule has 1 saturated heterocycles. The van der Waals surface area contributed by atoms with E-state index in [-0.39, 0.29) is 24.0 Å². The summed E-state index contributed by atoms with van der Waals surface area (Å²) >= 11 is 0. The van der Waals surface area contributed by atoms with Gasteiger partial charge in [0.25, 0.3) is 0 Å². The summed E-state index contributed by atoms with van der Waals surface area (Å²) in [6.45, 7) is 3.82. The highest BCUT2D eigenvalue weighted by molar-refractivity contribution is 5.76. The summed E-state index contributed by atoms with van der Waals surface area (Å²) in [5.41, 5.74) is 2.15. The van der Waals surface area contributed by atoms with E-state index in [0.717, 1.165) is 31.6 Å². The van der Waals surface area contributed by atoms with Crippen LogP contribution in [-0.2, 0) is 34.3 Å². The summed E-state index contributed by atoms with van der Waals surface area (Å²) in [7, 11) is 3.42. The molecular formula is C16H24N4O3. The molecule has 0 aromatic carbocycles. The van der Waals surface area contributed by atoms with Gasteiger partial charge in [0.15, 0.2) is 0 Å². The van der Waals surface area contributed by atoms with E-state index in [2.05, 4.69) is 9.88 Å². The Labute approximate surface area is 136 Å². The van der Waals surface area contributed by atoms with E-state index in [1.165, 1.54) is 12.8 Å². The number of aryl methyl sites for hydroxylation is 1. The van der Waals surface area contributed by atoms with Gasteiger partial charge in [-0.15, -0.1) is 0 Å². The number of likely N-dealkylation sites (tertiary alicyclic amines) is 1. The Morgan fingerprint density at radius 3 is 2.61 bits per heavy atom. The Morgan fingerprint density at radius 2 is 2.00 bits per heavy atom. The number of hydrogen-bond donors (Lipinski definition) is 0. The van der Waals surface area contributed by atoms with E-state index in [4.69, 9.17) is 4.74 Å². The van der Waals surface area contributed by atoms with Gasteiger partial charge in [0.2, 0.25) is 5.91 Å². The van der Waals surface area contributed by atoms with Crippen molar-refractivity contribution in [2.45, 2.75) is 44.8 Å². The quantitative estimate of drug-likeness (QED) is 0.735. The lowest BCUT2D eigenvalue weighted by molar-refractivity contribution is -0.150. The topological polar surface area (TPSA) is 67.7 Å². The Hall–Kier alpha value is -1.89. The summed E-state index contributed by atoms with van der Waals surface area (Å²) in [4.78, 5) is 32.3. The first kappa shape index (κ1) is 16.0. The first-order valence-corrected chi connectivity index (χ1v) is 8.09. The highest BCUT2D eigenvalue weighted by Gasteiger charge is 2.39. The molecule has 0 aliphatic carbocycles. The molecule has 1 aromatic rings. The van der Waals surface area contributed by atoms with Crippen LogP contribution in [0.4, 0.5) is 0 Å². The SMILES string of the molecule is COC(=O)[C@@H]1Cc2ncn(C)c2CN1C1CCN(C(C)=O)CC1. The Balaban J connectivity index is 1.79.